The van der Waals surface area contributed by atoms with Gasteiger partial charge in [-0.25, -0.2) is 21.8 Å². The Morgan fingerprint density at radius 1 is 1.09 bits per heavy atom. The number of aryl methyl sites for hydroxylation is 1. The minimum Gasteiger partial charge on any atom is -0.355 e. The van der Waals surface area contributed by atoms with Crippen molar-refractivity contribution in [3.8, 4) is 5.88 Å². The maximum absolute atomic E-state index is 14.1. The van der Waals surface area contributed by atoms with Gasteiger partial charge in [0.25, 0.3) is 10.0 Å². The number of pyridine rings is 1. The SMILES string of the molecule is Cc1ccc(S(=O)(=O)n2cccc2N2CCCC2c2cc(F)cnc2OS(=O)(=O)C(F)(F)F)cc1. The van der Waals surface area contributed by atoms with Crippen molar-refractivity contribution in [2.45, 2.75) is 36.2 Å². The zero-order valence-electron chi connectivity index (χ0n) is 18.1. The van der Waals surface area contributed by atoms with Crippen molar-refractivity contribution in [1.29, 1.82) is 0 Å². The van der Waals surface area contributed by atoms with Crippen LogP contribution in [0, 0.1) is 12.7 Å². The van der Waals surface area contributed by atoms with E-state index >= 15 is 0 Å². The van der Waals surface area contributed by atoms with Gasteiger partial charge in [0.2, 0.25) is 5.88 Å². The van der Waals surface area contributed by atoms with Crippen LogP contribution in [0.3, 0.4) is 0 Å². The fourth-order valence-corrected chi connectivity index (χ4v) is 5.66. The second-order valence-electron chi connectivity index (χ2n) is 7.86. The third kappa shape index (κ3) is 4.72. The maximum atomic E-state index is 14.1. The number of hydrogen-bond acceptors (Lipinski definition) is 7. The van der Waals surface area contributed by atoms with E-state index in [1.54, 1.807) is 19.1 Å². The Morgan fingerprint density at radius 3 is 2.43 bits per heavy atom. The summed E-state index contributed by atoms with van der Waals surface area (Å²) in [5.41, 5.74) is -5.11. The monoisotopic (exact) mass is 533 g/mol. The molecule has 2 aromatic heterocycles. The van der Waals surface area contributed by atoms with Crippen molar-refractivity contribution in [1.82, 2.24) is 8.96 Å². The van der Waals surface area contributed by atoms with Gasteiger partial charge in [0, 0.05) is 18.3 Å². The standard InChI is InChI=1S/C21H19F4N3O5S2/c1-14-6-8-16(9-7-14)34(29,30)28-11-3-5-19(28)27-10-2-4-18(27)17-12-15(22)13-26-20(17)33-35(31,32)21(23,24)25/h3,5-9,11-13,18H,2,4,10H2,1H3. The number of aromatic nitrogens is 2. The highest BCUT2D eigenvalue weighted by atomic mass is 32.2. The molecule has 0 amide bonds. The molecule has 8 nitrogen and oxygen atoms in total. The van der Waals surface area contributed by atoms with Crippen molar-refractivity contribution in [3.63, 3.8) is 0 Å². The van der Waals surface area contributed by atoms with Crippen LogP contribution in [0.5, 0.6) is 5.88 Å². The minimum atomic E-state index is -6.06. The maximum Gasteiger partial charge on any atom is 0.534 e. The van der Waals surface area contributed by atoms with Gasteiger partial charge in [-0.2, -0.15) is 21.6 Å². The van der Waals surface area contributed by atoms with Crippen molar-refractivity contribution in [3.05, 3.63) is 71.8 Å². The first-order chi connectivity index (χ1) is 16.3. The Balaban J connectivity index is 1.76. The zero-order valence-corrected chi connectivity index (χ0v) is 19.7. The predicted octanol–water partition coefficient (Wildman–Crippen LogP) is 4.14. The summed E-state index contributed by atoms with van der Waals surface area (Å²) in [7, 11) is -10.1. The Morgan fingerprint density at radius 2 is 1.77 bits per heavy atom. The molecule has 3 heterocycles. The van der Waals surface area contributed by atoms with Crippen molar-refractivity contribution >= 4 is 26.0 Å². The number of hydrogen-bond donors (Lipinski definition) is 0. The van der Waals surface area contributed by atoms with Crippen LogP contribution in [0.25, 0.3) is 0 Å². The number of anilines is 1. The van der Waals surface area contributed by atoms with Crippen LogP contribution in [0.2, 0.25) is 0 Å². The number of alkyl halides is 3. The highest BCUT2D eigenvalue weighted by Crippen LogP contribution is 2.41. The number of rotatable bonds is 6. The Kier molecular flexibility index (Phi) is 6.30. The van der Waals surface area contributed by atoms with Crippen LogP contribution in [0.4, 0.5) is 23.4 Å². The molecular weight excluding hydrogens is 514 g/mol. The summed E-state index contributed by atoms with van der Waals surface area (Å²) in [5, 5.41) is 0. The molecule has 14 heteroatoms. The quantitative estimate of drug-likeness (QED) is 0.267. The average Bonchev–Trinajstić information content (AvgIpc) is 3.44. The zero-order chi connectivity index (χ0) is 25.6. The highest BCUT2D eigenvalue weighted by Gasteiger charge is 2.49. The van der Waals surface area contributed by atoms with E-state index in [9.17, 15) is 34.4 Å². The highest BCUT2D eigenvalue weighted by molar-refractivity contribution is 7.90. The van der Waals surface area contributed by atoms with Gasteiger partial charge in [0.1, 0.15) is 11.6 Å². The molecule has 0 bridgehead atoms. The van der Waals surface area contributed by atoms with Gasteiger partial charge >= 0.3 is 15.6 Å². The van der Waals surface area contributed by atoms with Gasteiger partial charge in [0.15, 0.2) is 0 Å². The third-order valence-electron chi connectivity index (χ3n) is 5.49. The fourth-order valence-electron chi connectivity index (χ4n) is 3.87. The third-order valence-corrected chi connectivity index (χ3v) is 8.13. The van der Waals surface area contributed by atoms with Crippen LogP contribution in [-0.2, 0) is 20.1 Å². The van der Waals surface area contributed by atoms with Gasteiger partial charge in [-0.1, -0.05) is 17.7 Å². The Hall–Kier alpha value is -3.13. The molecule has 0 aliphatic carbocycles. The van der Waals surface area contributed by atoms with E-state index in [2.05, 4.69) is 9.17 Å². The van der Waals surface area contributed by atoms with Crippen molar-refractivity contribution in [2.24, 2.45) is 0 Å². The van der Waals surface area contributed by atoms with E-state index < -0.39 is 43.4 Å². The van der Waals surface area contributed by atoms with E-state index in [1.165, 1.54) is 35.4 Å². The summed E-state index contributed by atoms with van der Waals surface area (Å²) >= 11 is 0. The molecule has 1 atom stereocenters. The molecule has 0 N–H and O–H groups in total. The summed E-state index contributed by atoms with van der Waals surface area (Å²) in [5.74, 6) is -1.69. The van der Waals surface area contributed by atoms with Gasteiger partial charge in [-0.15, -0.1) is 0 Å². The second kappa shape index (κ2) is 8.82. The lowest BCUT2D eigenvalue weighted by Crippen LogP contribution is -2.30. The van der Waals surface area contributed by atoms with E-state index in [0.29, 0.717) is 12.6 Å². The predicted molar refractivity (Wildman–Crippen MR) is 117 cm³/mol. The number of benzene rings is 1. The molecule has 0 radical (unpaired) electrons. The van der Waals surface area contributed by atoms with E-state index in [0.717, 1.165) is 15.6 Å². The molecule has 35 heavy (non-hydrogen) atoms. The van der Waals surface area contributed by atoms with E-state index in [1.807, 2.05) is 0 Å². The first kappa shape index (κ1) is 25.0. The van der Waals surface area contributed by atoms with Gasteiger partial charge in [0.05, 0.1) is 17.1 Å². The van der Waals surface area contributed by atoms with Crippen molar-refractivity contribution in [2.75, 3.05) is 11.4 Å². The fraction of sp³-hybridized carbons (Fsp3) is 0.286. The summed E-state index contributed by atoms with van der Waals surface area (Å²) in [6.07, 6.45) is 2.57. The molecule has 1 fully saturated rings. The minimum absolute atomic E-state index is 0.0176. The smallest absolute Gasteiger partial charge is 0.355 e. The first-order valence-corrected chi connectivity index (χ1v) is 13.1. The van der Waals surface area contributed by atoms with Crippen LogP contribution >= 0.6 is 0 Å². The molecule has 0 spiro atoms. The molecule has 188 valence electrons. The molecule has 1 aliphatic rings. The topological polar surface area (TPSA) is 98.6 Å². The lowest BCUT2D eigenvalue weighted by molar-refractivity contribution is -0.0501. The molecule has 3 aromatic rings. The Bertz CT molecular complexity index is 1450. The molecule has 1 aliphatic heterocycles. The molecule has 0 saturated carbocycles. The van der Waals surface area contributed by atoms with Crippen LogP contribution in [0.15, 0.2) is 59.8 Å². The first-order valence-electron chi connectivity index (χ1n) is 10.2. The largest absolute Gasteiger partial charge is 0.534 e. The number of nitrogens with zero attached hydrogens (tertiary/aromatic N) is 3. The summed E-state index contributed by atoms with van der Waals surface area (Å²) in [4.78, 5) is 4.99. The molecular formula is C21H19F4N3O5S2. The summed E-state index contributed by atoms with van der Waals surface area (Å²) < 4.78 is 108. The summed E-state index contributed by atoms with van der Waals surface area (Å²) in [6, 6.07) is 9.06. The molecule has 4 rings (SSSR count). The average molecular weight is 534 g/mol. The lowest BCUT2D eigenvalue weighted by Gasteiger charge is -2.28. The van der Waals surface area contributed by atoms with Crippen LogP contribution < -0.4 is 9.08 Å². The van der Waals surface area contributed by atoms with Crippen LogP contribution in [-0.4, -0.2) is 37.8 Å². The lowest BCUT2D eigenvalue weighted by atomic mass is 10.1. The van der Waals surface area contributed by atoms with Gasteiger partial charge in [-0.3, -0.25) is 0 Å². The van der Waals surface area contributed by atoms with Gasteiger partial charge < -0.3 is 9.08 Å². The summed E-state index contributed by atoms with van der Waals surface area (Å²) in [6.45, 7) is 2.07. The van der Waals surface area contributed by atoms with Crippen LogP contribution in [0.1, 0.15) is 30.0 Å². The van der Waals surface area contributed by atoms with Crippen molar-refractivity contribution < 1.29 is 38.6 Å². The molecule has 1 unspecified atom stereocenters. The molecule has 1 aromatic carbocycles. The molecule has 1 saturated heterocycles. The second-order valence-corrected chi connectivity index (χ2v) is 11.2. The normalized spacial score (nSPS) is 17.1. The van der Waals surface area contributed by atoms with E-state index in [-0.39, 0.29) is 29.2 Å². The van der Waals surface area contributed by atoms with Gasteiger partial charge in [-0.05, 0) is 50.1 Å². The Labute approximate surface area is 198 Å². The van der Waals surface area contributed by atoms with E-state index in [4.69, 9.17) is 0 Å². The number of halogens is 4.